The smallest absolute Gasteiger partial charge is 0.326 e. The zero-order valence-electron chi connectivity index (χ0n) is 21.9. The van der Waals surface area contributed by atoms with Crippen LogP contribution in [0.4, 0.5) is 0 Å². The van der Waals surface area contributed by atoms with E-state index in [2.05, 4.69) is 30.9 Å². The lowest BCUT2D eigenvalue weighted by atomic mass is 9.99. The Morgan fingerprint density at radius 3 is 2.19 bits per heavy atom. The Morgan fingerprint density at radius 1 is 1.03 bits per heavy atom. The van der Waals surface area contributed by atoms with Gasteiger partial charge in [0.25, 0.3) is 0 Å². The summed E-state index contributed by atoms with van der Waals surface area (Å²) in [5, 5.41) is 17.4. The molecule has 0 aliphatic heterocycles. The number of carbonyl (C=O) groups is 4. The van der Waals surface area contributed by atoms with Crippen molar-refractivity contribution in [2.24, 2.45) is 34.0 Å². The SMILES string of the molecule is CC(C)CC(NC(=O)C(NC(=O)C(N)CCCN=C(N)N)C(C)C)C(=O)NC(Cc1cnc[nH]1)C(=O)O. The number of imidazole rings is 1. The highest BCUT2D eigenvalue weighted by Crippen LogP contribution is 2.10. The maximum atomic E-state index is 13.1. The predicted octanol–water partition coefficient (Wildman–Crippen LogP) is -1.43. The summed E-state index contributed by atoms with van der Waals surface area (Å²) in [6.45, 7) is 7.55. The number of carboxylic acid groups (broad SMARTS) is 1. The molecule has 0 aliphatic rings. The minimum absolute atomic E-state index is 0.00479. The van der Waals surface area contributed by atoms with Crippen molar-refractivity contribution in [3.05, 3.63) is 18.2 Å². The number of nitrogens with two attached hydrogens (primary N) is 3. The number of carbonyl (C=O) groups excluding carboxylic acids is 3. The van der Waals surface area contributed by atoms with Crippen LogP contribution in [0.3, 0.4) is 0 Å². The summed E-state index contributed by atoms with van der Waals surface area (Å²) >= 11 is 0. The lowest BCUT2D eigenvalue weighted by Crippen LogP contribution is -2.58. The molecule has 0 saturated heterocycles. The van der Waals surface area contributed by atoms with Crippen LogP contribution in [0.25, 0.3) is 0 Å². The number of aromatic nitrogens is 2. The molecule has 1 rings (SSSR count). The average molecular weight is 524 g/mol. The van der Waals surface area contributed by atoms with E-state index in [1.165, 1.54) is 12.5 Å². The molecular weight excluding hydrogens is 482 g/mol. The lowest BCUT2D eigenvalue weighted by molar-refractivity contribution is -0.142. The fourth-order valence-electron chi connectivity index (χ4n) is 3.50. The Bertz CT molecular complexity index is 914. The second-order valence-corrected chi connectivity index (χ2v) is 9.66. The molecule has 4 unspecified atom stereocenters. The Labute approximate surface area is 216 Å². The maximum Gasteiger partial charge on any atom is 0.326 e. The number of rotatable bonds is 16. The van der Waals surface area contributed by atoms with Crippen LogP contribution in [0.1, 0.15) is 52.7 Å². The number of aliphatic imine (C=N–C) groups is 1. The van der Waals surface area contributed by atoms with E-state index in [4.69, 9.17) is 17.2 Å². The second-order valence-electron chi connectivity index (χ2n) is 9.66. The van der Waals surface area contributed by atoms with Crippen LogP contribution in [-0.2, 0) is 25.6 Å². The van der Waals surface area contributed by atoms with Crippen molar-refractivity contribution in [2.75, 3.05) is 6.54 Å². The van der Waals surface area contributed by atoms with Gasteiger partial charge < -0.3 is 43.2 Å². The summed E-state index contributed by atoms with van der Waals surface area (Å²) in [6.07, 6.45) is 3.92. The molecule has 0 aromatic carbocycles. The zero-order valence-corrected chi connectivity index (χ0v) is 21.9. The standard InChI is InChI=1S/C23H41N9O5/c1-12(2)8-16(20(34)31-17(22(36)37)9-14-10-27-11-29-14)30-21(35)18(13(3)4)32-19(33)15(24)6-5-7-28-23(25)26/h10-13,15-18H,5-9,24H2,1-4H3,(H,27,29)(H,30,35)(H,31,34)(H,32,33)(H,36,37)(H4,25,26,28). The van der Waals surface area contributed by atoms with E-state index in [-0.39, 0.29) is 30.6 Å². The van der Waals surface area contributed by atoms with Crippen LogP contribution in [0.15, 0.2) is 17.5 Å². The van der Waals surface area contributed by atoms with Gasteiger partial charge in [-0.1, -0.05) is 27.7 Å². The first kappa shape index (κ1) is 31.4. The first-order valence-electron chi connectivity index (χ1n) is 12.2. The molecule has 3 amide bonds. The van der Waals surface area contributed by atoms with Gasteiger partial charge in [-0.05, 0) is 31.1 Å². The third-order valence-electron chi connectivity index (χ3n) is 5.48. The molecule has 0 fully saturated rings. The summed E-state index contributed by atoms with van der Waals surface area (Å²) in [6, 6.07) is -4.07. The number of guanidine groups is 1. The van der Waals surface area contributed by atoms with Crippen LogP contribution < -0.4 is 33.2 Å². The predicted molar refractivity (Wildman–Crippen MR) is 138 cm³/mol. The van der Waals surface area contributed by atoms with Crippen molar-refractivity contribution in [1.29, 1.82) is 0 Å². The highest BCUT2D eigenvalue weighted by molar-refractivity contribution is 5.94. The Balaban J connectivity index is 2.87. The van der Waals surface area contributed by atoms with E-state index >= 15 is 0 Å². The van der Waals surface area contributed by atoms with E-state index < -0.39 is 47.9 Å². The third-order valence-corrected chi connectivity index (χ3v) is 5.48. The van der Waals surface area contributed by atoms with Gasteiger partial charge in [-0.3, -0.25) is 19.4 Å². The van der Waals surface area contributed by atoms with Gasteiger partial charge in [0, 0.05) is 24.9 Å². The molecule has 0 radical (unpaired) electrons. The number of hydrogen-bond donors (Lipinski definition) is 8. The van der Waals surface area contributed by atoms with Crippen molar-refractivity contribution in [3.8, 4) is 0 Å². The van der Waals surface area contributed by atoms with E-state index in [0.717, 1.165) is 0 Å². The van der Waals surface area contributed by atoms with Crippen molar-refractivity contribution in [2.45, 2.75) is 77.5 Å². The van der Waals surface area contributed by atoms with Gasteiger partial charge in [-0.2, -0.15) is 0 Å². The van der Waals surface area contributed by atoms with E-state index in [1.54, 1.807) is 13.8 Å². The average Bonchev–Trinajstić information content (AvgIpc) is 3.31. The maximum absolute atomic E-state index is 13.1. The third kappa shape index (κ3) is 11.7. The number of nitrogens with one attached hydrogen (secondary N) is 4. The Hall–Kier alpha value is -3.68. The highest BCUT2D eigenvalue weighted by Gasteiger charge is 2.32. The molecule has 4 atom stereocenters. The van der Waals surface area contributed by atoms with Gasteiger partial charge in [0.1, 0.15) is 18.1 Å². The fourth-order valence-corrected chi connectivity index (χ4v) is 3.50. The molecule has 37 heavy (non-hydrogen) atoms. The van der Waals surface area contributed by atoms with Gasteiger partial charge in [-0.25, -0.2) is 9.78 Å². The monoisotopic (exact) mass is 523 g/mol. The summed E-state index contributed by atoms with van der Waals surface area (Å²) < 4.78 is 0. The van der Waals surface area contributed by atoms with Crippen molar-refractivity contribution in [1.82, 2.24) is 25.9 Å². The van der Waals surface area contributed by atoms with Gasteiger partial charge >= 0.3 is 5.97 Å². The Kier molecular flexibility index (Phi) is 13.1. The van der Waals surface area contributed by atoms with Crippen LogP contribution in [0.5, 0.6) is 0 Å². The van der Waals surface area contributed by atoms with Gasteiger partial charge in [0.15, 0.2) is 5.96 Å². The molecule has 0 saturated carbocycles. The number of amides is 3. The molecule has 1 heterocycles. The van der Waals surface area contributed by atoms with E-state index in [1.807, 2.05) is 13.8 Å². The minimum atomic E-state index is -1.22. The second kappa shape index (κ2) is 15.4. The van der Waals surface area contributed by atoms with E-state index in [0.29, 0.717) is 25.1 Å². The minimum Gasteiger partial charge on any atom is -0.480 e. The van der Waals surface area contributed by atoms with Crippen molar-refractivity contribution in [3.63, 3.8) is 0 Å². The number of aromatic amines is 1. The highest BCUT2D eigenvalue weighted by atomic mass is 16.4. The molecule has 1 aromatic heterocycles. The molecule has 0 bridgehead atoms. The first-order valence-corrected chi connectivity index (χ1v) is 12.2. The molecule has 0 aliphatic carbocycles. The summed E-state index contributed by atoms with van der Waals surface area (Å²) in [5.41, 5.74) is 17.0. The molecule has 1 aromatic rings. The number of aliphatic carboxylic acids is 1. The number of carboxylic acids is 1. The lowest BCUT2D eigenvalue weighted by Gasteiger charge is -2.27. The summed E-state index contributed by atoms with van der Waals surface area (Å²) in [7, 11) is 0. The molecule has 14 nitrogen and oxygen atoms in total. The van der Waals surface area contributed by atoms with Crippen LogP contribution in [0.2, 0.25) is 0 Å². The largest absolute Gasteiger partial charge is 0.480 e. The molecule has 11 N–H and O–H groups in total. The molecule has 0 spiro atoms. The zero-order chi connectivity index (χ0) is 28.1. The summed E-state index contributed by atoms with van der Waals surface area (Å²) in [5.74, 6) is -3.31. The number of H-pyrrole nitrogens is 1. The van der Waals surface area contributed by atoms with Crippen LogP contribution in [0, 0.1) is 11.8 Å². The topological polar surface area (TPSA) is 244 Å². The van der Waals surface area contributed by atoms with Crippen LogP contribution >= 0.6 is 0 Å². The Morgan fingerprint density at radius 2 is 1.68 bits per heavy atom. The quantitative estimate of drug-likeness (QED) is 0.0718. The summed E-state index contributed by atoms with van der Waals surface area (Å²) in [4.78, 5) is 61.0. The fraction of sp³-hybridized carbons (Fsp3) is 0.652. The van der Waals surface area contributed by atoms with Gasteiger partial charge in [0.05, 0.1) is 12.4 Å². The normalized spacial score (nSPS) is 14.4. The first-order chi connectivity index (χ1) is 17.3. The molecule has 208 valence electrons. The van der Waals surface area contributed by atoms with Crippen LogP contribution in [-0.4, -0.2) is 75.4 Å². The van der Waals surface area contributed by atoms with Crippen molar-refractivity contribution < 1.29 is 24.3 Å². The molecule has 14 heteroatoms. The van der Waals surface area contributed by atoms with E-state index in [9.17, 15) is 24.3 Å². The molecular formula is C23H41N9O5. The number of hydrogen-bond acceptors (Lipinski definition) is 7. The van der Waals surface area contributed by atoms with Gasteiger partial charge in [-0.15, -0.1) is 0 Å². The van der Waals surface area contributed by atoms with Crippen molar-refractivity contribution >= 4 is 29.7 Å². The van der Waals surface area contributed by atoms with Gasteiger partial charge in [0.2, 0.25) is 17.7 Å². The number of nitrogens with zero attached hydrogens (tertiary/aromatic N) is 2.